The van der Waals surface area contributed by atoms with Gasteiger partial charge in [-0.3, -0.25) is 0 Å². The minimum Gasteiger partial charge on any atom is -0.338 e. The van der Waals surface area contributed by atoms with Gasteiger partial charge in [-0.1, -0.05) is 41.4 Å². The molecule has 0 aliphatic heterocycles. The summed E-state index contributed by atoms with van der Waals surface area (Å²) >= 11 is 12.0. The van der Waals surface area contributed by atoms with Crippen molar-refractivity contribution in [1.29, 1.82) is 5.26 Å². The minimum absolute atomic E-state index is 0.0860. The van der Waals surface area contributed by atoms with Crippen LogP contribution < -0.4 is 5.32 Å². The molecule has 0 bridgehead atoms. The van der Waals surface area contributed by atoms with Crippen molar-refractivity contribution in [3.8, 4) is 11.8 Å². The lowest BCUT2D eigenvalue weighted by molar-refractivity contribution is -0.137. The van der Waals surface area contributed by atoms with Gasteiger partial charge < -0.3 is 5.32 Å². The summed E-state index contributed by atoms with van der Waals surface area (Å²) in [4.78, 5) is 0. The van der Waals surface area contributed by atoms with E-state index in [0.29, 0.717) is 11.5 Å². The summed E-state index contributed by atoms with van der Waals surface area (Å²) in [7, 11) is 0. The maximum Gasteiger partial charge on any atom is 0.416 e. The predicted molar refractivity (Wildman–Crippen MR) is 93.0 cm³/mol. The first-order valence-corrected chi connectivity index (χ1v) is 7.94. The smallest absolute Gasteiger partial charge is 0.338 e. The SMILES string of the molecule is N#Cc1cc(Nc2c(Cl)cc(C(F)(F)F)cc2Cl)n(-c2ccccc2)n1. The molecule has 1 aromatic heterocycles. The molecule has 0 radical (unpaired) electrons. The molecule has 0 fully saturated rings. The fourth-order valence-electron chi connectivity index (χ4n) is 2.28. The quantitative estimate of drug-likeness (QED) is 0.607. The molecule has 4 nitrogen and oxygen atoms in total. The van der Waals surface area contributed by atoms with Gasteiger partial charge in [0.2, 0.25) is 0 Å². The van der Waals surface area contributed by atoms with E-state index >= 15 is 0 Å². The van der Waals surface area contributed by atoms with Crippen molar-refractivity contribution in [2.45, 2.75) is 6.18 Å². The van der Waals surface area contributed by atoms with Crippen LogP contribution in [0.5, 0.6) is 0 Å². The Hall–Kier alpha value is -2.69. The van der Waals surface area contributed by atoms with Crippen molar-refractivity contribution in [2.24, 2.45) is 0 Å². The second kappa shape index (κ2) is 6.90. The van der Waals surface area contributed by atoms with E-state index in [2.05, 4.69) is 10.4 Å². The second-order valence-corrected chi connectivity index (χ2v) is 6.03. The average molecular weight is 397 g/mol. The Morgan fingerprint density at radius 1 is 1.04 bits per heavy atom. The van der Waals surface area contributed by atoms with Crippen LogP contribution in [-0.4, -0.2) is 9.78 Å². The van der Waals surface area contributed by atoms with Gasteiger partial charge in [0.05, 0.1) is 27.0 Å². The molecule has 9 heteroatoms. The van der Waals surface area contributed by atoms with Crippen LogP contribution in [-0.2, 0) is 6.18 Å². The van der Waals surface area contributed by atoms with Crippen LogP contribution in [0.15, 0.2) is 48.5 Å². The molecule has 1 N–H and O–H groups in total. The van der Waals surface area contributed by atoms with Gasteiger partial charge in [0.25, 0.3) is 0 Å². The van der Waals surface area contributed by atoms with Crippen LogP contribution in [0.1, 0.15) is 11.3 Å². The first kappa shape index (κ1) is 18.1. The van der Waals surface area contributed by atoms with Crippen molar-refractivity contribution < 1.29 is 13.2 Å². The Kier molecular flexibility index (Phi) is 4.81. The van der Waals surface area contributed by atoms with Crippen LogP contribution >= 0.6 is 23.2 Å². The molecule has 0 spiro atoms. The molecule has 0 aliphatic carbocycles. The van der Waals surface area contributed by atoms with Crippen LogP contribution in [0.3, 0.4) is 0 Å². The molecule has 3 rings (SSSR count). The summed E-state index contributed by atoms with van der Waals surface area (Å²) in [5, 5.41) is 15.7. The number of anilines is 2. The second-order valence-electron chi connectivity index (χ2n) is 5.21. The number of nitrogens with zero attached hydrogens (tertiary/aromatic N) is 3. The third kappa shape index (κ3) is 3.62. The van der Waals surface area contributed by atoms with Crippen LogP contribution in [0.25, 0.3) is 5.69 Å². The van der Waals surface area contributed by atoms with Crippen molar-refractivity contribution in [3.63, 3.8) is 0 Å². The fourth-order valence-corrected chi connectivity index (χ4v) is 2.86. The minimum atomic E-state index is -4.56. The van der Waals surface area contributed by atoms with E-state index in [9.17, 15) is 13.2 Å². The van der Waals surface area contributed by atoms with Gasteiger partial charge in [-0.25, -0.2) is 4.68 Å². The van der Waals surface area contributed by atoms with E-state index in [1.807, 2.05) is 12.1 Å². The van der Waals surface area contributed by atoms with Gasteiger partial charge in [-0.15, -0.1) is 0 Å². The molecule has 0 amide bonds. The van der Waals surface area contributed by atoms with Gasteiger partial charge in [0.1, 0.15) is 11.9 Å². The summed E-state index contributed by atoms with van der Waals surface area (Å²) in [6.45, 7) is 0. The largest absolute Gasteiger partial charge is 0.416 e. The van der Waals surface area contributed by atoms with E-state index in [1.54, 1.807) is 24.3 Å². The number of benzene rings is 2. The van der Waals surface area contributed by atoms with E-state index in [4.69, 9.17) is 28.5 Å². The highest BCUT2D eigenvalue weighted by Crippen LogP contribution is 2.39. The highest BCUT2D eigenvalue weighted by atomic mass is 35.5. The molecule has 26 heavy (non-hydrogen) atoms. The summed E-state index contributed by atoms with van der Waals surface area (Å²) < 4.78 is 40.0. The topological polar surface area (TPSA) is 53.6 Å². The lowest BCUT2D eigenvalue weighted by atomic mass is 10.2. The number of alkyl halides is 3. The van der Waals surface area contributed by atoms with Crippen molar-refractivity contribution in [3.05, 3.63) is 69.8 Å². The monoisotopic (exact) mass is 396 g/mol. The summed E-state index contributed by atoms with van der Waals surface area (Å²) in [5.74, 6) is 0.330. The molecular weight excluding hydrogens is 388 g/mol. The number of halogens is 5. The van der Waals surface area contributed by atoms with Gasteiger partial charge in [-0.05, 0) is 24.3 Å². The maximum atomic E-state index is 12.9. The van der Waals surface area contributed by atoms with Crippen LogP contribution in [0.4, 0.5) is 24.7 Å². The number of rotatable bonds is 3. The van der Waals surface area contributed by atoms with Crippen molar-refractivity contribution in [1.82, 2.24) is 9.78 Å². The molecule has 2 aromatic carbocycles. The lowest BCUT2D eigenvalue weighted by Crippen LogP contribution is -2.07. The lowest BCUT2D eigenvalue weighted by Gasteiger charge is -2.15. The summed E-state index contributed by atoms with van der Waals surface area (Å²) in [6, 6.07) is 13.8. The standard InChI is InChI=1S/C17H9Cl2F3N4/c18-13-6-10(17(20,21)22)7-14(19)16(13)24-15-8-11(9-23)25-26(15)12-4-2-1-3-5-12/h1-8,24H. The molecular formula is C17H9Cl2F3N4. The molecule has 0 atom stereocenters. The Morgan fingerprint density at radius 2 is 1.65 bits per heavy atom. The highest BCUT2D eigenvalue weighted by molar-refractivity contribution is 6.39. The Bertz CT molecular complexity index is 968. The van der Waals surface area contributed by atoms with E-state index in [-0.39, 0.29) is 21.4 Å². The Morgan fingerprint density at radius 3 is 2.19 bits per heavy atom. The fraction of sp³-hybridized carbons (Fsp3) is 0.0588. The number of hydrogen-bond acceptors (Lipinski definition) is 3. The molecule has 0 saturated carbocycles. The molecule has 0 saturated heterocycles. The Balaban J connectivity index is 2.05. The van der Waals surface area contributed by atoms with Gasteiger partial charge in [-0.2, -0.15) is 23.5 Å². The highest BCUT2D eigenvalue weighted by Gasteiger charge is 2.32. The van der Waals surface area contributed by atoms with Crippen LogP contribution in [0.2, 0.25) is 10.0 Å². The Labute approximate surface area is 156 Å². The number of nitrogens with one attached hydrogen (secondary N) is 1. The zero-order valence-electron chi connectivity index (χ0n) is 12.9. The maximum absolute atomic E-state index is 12.9. The van der Waals surface area contributed by atoms with E-state index < -0.39 is 11.7 Å². The molecule has 0 aliphatic rings. The molecule has 1 heterocycles. The third-order valence-electron chi connectivity index (χ3n) is 3.45. The van der Waals surface area contributed by atoms with Crippen molar-refractivity contribution in [2.75, 3.05) is 5.32 Å². The van der Waals surface area contributed by atoms with Gasteiger partial charge in [0.15, 0.2) is 5.69 Å². The molecule has 0 unspecified atom stereocenters. The average Bonchev–Trinajstić information content (AvgIpc) is 3.01. The predicted octanol–water partition coefficient (Wildman–Crippen LogP) is 5.81. The zero-order chi connectivity index (χ0) is 18.9. The normalized spacial score (nSPS) is 11.2. The summed E-state index contributed by atoms with van der Waals surface area (Å²) in [6.07, 6.45) is -4.56. The van der Waals surface area contributed by atoms with Gasteiger partial charge >= 0.3 is 6.18 Å². The van der Waals surface area contributed by atoms with E-state index in [0.717, 1.165) is 12.1 Å². The van der Waals surface area contributed by atoms with Crippen LogP contribution in [0, 0.1) is 11.3 Å². The first-order valence-electron chi connectivity index (χ1n) is 7.18. The van der Waals surface area contributed by atoms with Crippen molar-refractivity contribution >= 4 is 34.7 Å². The molecule has 3 aromatic rings. The summed E-state index contributed by atoms with van der Waals surface area (Å²) in [5.41, 5.74) is -0.0959. The van der Waals surface area contributed by atoms with Gasteiger partial charge in [0, 0.05) is 6.07 Å². The number of para-hydroxylation sites is 1. The first-order chi connectivity index (χ1) is 12.3. The third-order valence-corrected chi connectivity index (χ3v) is 4.04. The molecule has 132 valence electrons. The number of hydrogen-bond donors (Lipinski definition) is 1. The number of nitriles is 1. The zero-order valence-corrected chi connectivity index (χ0v) is 14.4. The van der Waals surface area contributed by atoms with E-state index in [1.165, 1.54) is 10.7 Å². The number of aromatic nitrogens is 2.